The lowest BCUT2D eigenvalue weighted by molar-refractivity contribution is -0.122. The number of carbonyl (C=O) groups is 2. The van der Waals surface area contributed by atoms with Crippen LogP contribution in [-0.2, 0) is 40.1 Å². The molecule has 0 aromatic carbocycles. The molecule has 0 aliphatic rings. The van der Waals surface area contributed by atoms with Crippen LogP contribution in [0.1, 0.15) is 6.42 Å². The Balaban J connectivity index is 0. The molecule has 2 unspecified atom stereocenters. The molecular formula is C11H21NO6S2. The molecule has 118 valence electrons. The lowest BCUT2D eigenvalue weighted by Crippen LogP contribution is -2.16. The third kappa shape index (κ3) is 19.6. The van der Waals surface area contributed by atoms with Gasteiger partial charge in [0.25, 0.3) is 0 Å². The molecule has 0 bridgehead atoms. The third-order valence-corrected chi connectivity index (χ3v) is 3.54. The number of hydrogen-bond donors (Lipinski definition) is 1. The van der Waals surface area contributed by atoms with Crippen LogP contribution in [0.4, 0.5) is 0 Å². The van der Waals surface area contributed by atoms with Gasteiger partial charge in [0.2, 0.25) is 0 Å². The monoisotopic (exact) mass is 327 g/mol. The lowest BCUT2D eigenvalue weighted by atomic mass is 10.5. The second-order valence-corrected chi connectivity index (χ2v) is 5.57. The van der Waals surface area contributed by atoms with Gasteiger partial charge in [-0.05, 0) is 13.5 Å². The zero-order valence-electron chi connectivity index (χ0n) is 11.4. The van der Waals surface area contributed by atoms with Gasteiger partial charge in [-0.15, -0.1) is 6.58 Å². The van der Waals surface area contributed by atoms with Crippen LogP contribution in [0.25, 0.3) is 0 Å². The number of rotatable bonds is 12. The quantitative estimate of drug-likeness (QED) is 0.224. The third-order valence-electron chi connectivity index (χ3n) is 1.55. The molecule has 0 heterocycles. The van der Waals surface area contributed by atoms with Crippen molar-refractivity contribution in [3.05, 3.63) is 12.7 Å². The number of likely N-dealkylation sites (N-methyl/N-ethyl adjacent to an activating group) is 1. The maximum Gasteiger partial charge on any atom is 0.182 e. The van der Waals surface area contributed by atoms with Crippen LogP contribution in [0.3, 0.4) is 0 Å². The number of nitrogens with one attached hydrogen (secondary N) is 1. The lowest BCUT2D eigenvalue weighted by Gasteiger charge is -2.03. The van der Waals surface area contributed by atoms with Crippen LogP contribution in [0.5, 0.6) is 0 Å². The van der Waals surface area contributed by atoms with Crippen LogP contribution in [0.2, 0.25) is 0 Å². The van der Waals surface area contributed by atoms with E-state index < -0.39 is 22.2 Å². The molecule has 0 aliphatic carbocycles. The standard InChI is InChI=1S/C9H19NO4S2.C2H2O2/c1-3-8-15(11)13-6-4-9-16(12)14-7-5-10-2;3-1-2-4/h3,10H,1,4-9H2,2H3;1-2H. The van der Waals surface area contributed by atoms with E-state index in [0.717, 1.165) is 0 Å². The van der Waals surface area contributed by atoms with Gasteiger partial charge in [-0.25, -0.2) is 8.42 Å². The molecule has 0 radical (unpaired) electrons. The van der Waals surface area contributed by atoms with Crippen molar-refractivity contribution in [2.24, 2.45) is 0 Å². The fourth-order valence-electron chi connectivity index (χ4n) is 0.769. The molecule has 0 fully saturated rings. The Morgan fingerprint density at radius 1 is 1.10 bits per heavy atom. The van der Waals surface area contributed by atoms with E-state index in [1.54, 1.807) is 7.05 Å². The number of carbonyl (C=O) groups excluding carboxylic acids is 2. The molecule has 0 amide bonds. The first-order valence-electron chi connectivity index (χ1n) is 5.80. The summed E-state index contributed by atoms with van der Waals surface area (Å²) in [6.07, 6.45) is 2.49. The second kappa shape index (κ2) is 18.3. The molecule has 0 aromatic heterocycles. The average Bonchev–Trinajstić information content (AvgIpc) is 2.44. The van der Waals surface area contributed by atoms with Gasteiger partial charge in [-0.2, -0.15) is 0 Å². The molecule has 0 saturated carbocycles. The minimum atomic E-state index is -1.31. The fourth-order valence-corrected chi connectivity index (χ4v) is 2.10. The molecular weight excluding hydrogens is 306 g/mol. The summed E-state index contributed by atoms with van der Waals surface area (Å²) < 4.78 is 32.2. The maximum absolute atomic E-state index is 11.2. The minimum Gasteiger partial charge on any atom is -0.317 e. The van der Waals surface area contributed by atoms with Crippen molar-refractivity contribution in [1.29, 1.82) is 0 Å². The summed E-state index contributed by atoms with van der Waals surface area (Å²) in [5, 5.41) is 2.89. The predicted molar refractivity (Wildman–Crippen MR) is 78.8 cm³/mol. The van der Waals surface area contributed by atoms with Gasteiger partial charge < -0.3 is 5.32 Å². The van der Waals surface area contributed by atoms with Crippen LogP contribution >= 0.6 is 0 Å². The Bertz CT molecular complexity index is 305. The summed E-state index contributed by atoms with van der Waals surface area (Å²) in [7, 11) is 1.80. The van der Waals surface area contributed by atoms with E-state index in [2.05, 4.69) is 11.9 Å². The van der Waals surface area contributed by atoms with E-state index >= 15 is 0 Å². The van der Waals surface area contributed by atoms with E-state index in [1.165, 1.54) is 6.08 Å². The predicted octanol–water partition coefficient (Wildman–Crippen LogP) is -0.473. The van der Waals surface area contributed by atoms with Crippen LogP contribution in [0, 0.1) is 0 Å². The van der Waals surface area contributed by atoms with E-state index in [1.807, 2.05) is 0 Å². The van der Waals surface area contributed by atoms with Crippen molar-refractivity contribution in [3.63, 3.8) is 0 Å². The molecule has 2 atom stereocenters. The largest absolute Gasteiger partial charge is 0.317 e. The van der Waals surface area contributed by atoms with Crippen molar-refractivity contribution >= 4 is 34.7 Å². The molecule has 0 saturated heterocycles. The Kier molecular flexibility index (Phi) is 19.7. The smallest absolute Gasteiger partial charge is 0.182 e. The Hall–Kier alpha value is -0.740. The van der Waals surface area contributed by atoms with Gasteiger partial charge in [-0.1, -0.05) is 6.08 Å². The summed E-state index contributed by atoms with van der Waals surface area (Å²) in [5.74, 6) is 0.719. The molecule has 1 N–H and O–H groups in total. The summed E-state index contributed by atoms with van der Waals surface area (Å²) in [4.78, 5) is 17.6. The Morgan fingerprint density at radius 3 is 2.20 bits per heavy atom. The SMILES string of the molecule is C=CCS(=O)OCCCS(=O)OCCNC.O=CC=O. The highest BCUT2D eigenvalue weighted by atomic mass is 32.2. The molecule has 7 nitrogen and oxygen atoms in total. The van der Waals surface area contributed by atoms with Gasteiger partial charge >= 0.3 is 0 Å². The van der Waals surface area contributed by atoms with Crippen molar-refractivity contribution < 1.29 is 26.4 Å². The Morgan fingerprint density at radius 2 is 1.70 bits per heavy atom. The van der Waals surface area contributed by atoms with Gasteiger partial charge in [0.15, 0.2) is 34.7 Å². The first kappa shape index (κ1) is 21.6. The zero-order valence-corrected chi connectivity index (χ0v) is 13.1. The summed E-state index contributed by atoms with van der Waals surface area (Å²) in [6, 6.07) is 0. The molecule has 0 spiro atoms. The maximum atomic E-state index is 11.2. The van der Waals surface area contributed by atoms with Gasteiger partial charge in [0.1, 0.15) is 0 Å². The van der Waals surface area contributed by atoms with E-state index in [-0.39, 0.29) is 12.6 Å². The van der Waals surface area contributed by atoms with E-state index in [4.69, 9.17) is 18.0 Å². The van der Waals surface area contributed by atoms with Gasteiger partial charge in [0.05, 0.1) is 24.7 Å². The first-order valence-corrected chi connectivity index (χ1v) is 8.28. The van der Waals surface area contributed by atoms with Crippen molar-refractivity contribution in [2.45, 2.75) is 6.42 Å². The normalized spacial score (nSPS) is 12.7. The van der Waals surface area contributed by atoms with Gasteiger partial charge in [-0.3, -0.25) is 18.0 Å². The molecule has 20 heavy (non-hydrogen) atoms. The fraction of sp³-hybridized carbons (Fsp3) is 0.636. The topological polar surface area (TPSA) is 98.8 Å². The highest BCUT2D eigenvalue weighted by molar-refractivity contribution is 7.80. The van der Waals surface area contributed by atoms with E-state index in [9.17, 15) is 8.42 Å². The summed E-state index contributed by atoms with van der Waals surface area (Å²) in [6.45, 7) is 4.87. The average molecular weight is 327 g/mol. The zero-order chi connectivity index (χ0) is 15.6. The number of aldehydes is 2. The summed E-state index contributed by atoms with van der Waals surface area (Å²) >= 11 is -2.59. The van der Waals surface area contributed by atoms with Crippen molar-refractivity contribution in [2.75, 3.05) is 38.3 Å². The summed E-state index contributed by atoms with van der Waals surface area (Å²) in [5.41, 5.74) is 0. The van der Waals surface area contributed by atoms with Crippen LogP contribution < -0.4 is 5.32 Å². The molecule has 0 rings (SSSR count). The van der Waals surface area contributed by atoms with Crippen LogP contribution in [-0.4, -0.2) is 59.3 Å². The highest BCUT2D eigenvalue weighted by Crippen LogP contribution is 1.94. The second-order valence-electron chi connectivity index (χ2n) is 3.14. The highest BCUT2D eigenvalue weighted by Gasteiger charge is 2.01. The Labute approximate surface area is 124 Å². The van der Waals surface area contributed by atoms with Crippen LogP contribution in [0.15, 0.2) is 12.7 Å². The van der Waals surface area contributed by atoms with Crippen molar-refractivity contribution in [3.8, 4) is 0 Å². The van der Waals surface area contributed by atoms with Crippen molar-refractivity contribution in [1.82, 2.24) is 5.32 Å². The van der Waals surface area contributed by atoms with E-state index in [0.29, 0.717) is 37.7 Å². The van der Waals surface area contributed by atoms with Gasteiger partial charge in [0, 0.05) is 6.54 Å². The molecule has 0 aromatic rings. The first-order chi connectivity index (χ1) is 9.62. The number of hydrogen-bond acceptors (Lipinski definition) is 7. The molecule has 0 aliphatic heterocycles. The molecule has 9 heteroatoms. The minimum absolute atomic E-state index is 0.194.